The monoisotopic (exact) mass is 435 g/mol. The van der Waals surface area contributed by atoms with Crippen LogP contribution in [0, 0.1) is 5.82 Å². The number of hydrogen-bond acceptors (Lipinski definition) is 7. The van der Waals surface area contributed by atoms with Crippen molar-refractivity contribution in [2.24, 2.45) is 4.99 Å². The number of hydrogen-bond donors (Lipinski definition) is 1. The maximum atomic E-state index is 14.9. The standard InChI is InChI=1S/C19H22FN5O4S/c1-12(26)21-9-14-10-25(19(28)29-14)13-2-3-16(15(20)8-13)23-4-6-24(7-5-23)18-22-17(27)11-30-18/h2-3,8,14H,4-7,9-11H2,1H3,(H,21,26). The molecule has 160 valence electrons. The van der Waals surface area contributed by atoms with Crippen molar-refractivity contribution >= 4 is 46.2 Å². The van der Waals surface area contributed by atoms with Gasteiger partial charge in [-0.05, 0) is 18.2 Å². The summed E-state index contributed by atoms with van der Waals surface area (Å²) in [6.45, 7) is 4.38. The fourth-order valence-corrected chi connectivity index (χ4v) is 4.46. The normalized spacial score (nSPS) is 21.7. The van der Waals surface area contributed by atoms with E-state index in [1.807, 2.05) is 9.80 Å². The third kappa shape index (κ3) is 4.35. The number of carbonyl (C=O) groups excluding carboxylic acids is 3. The average molecular weight is 435 g/mol. The zero-order valence-electron chi connectivity index (χ0n) is 16.5. The molecule has 1 atom stereocenters. The topological polar surface area (TPSA) is 94.5 Å². The number of nitrogens with zero attached hydrogens (tertiary/aromatic N) is 4. The Morgan fingerprint density at radius 3 is 2.63 bits per heavy atom. The van der Waals surface area contributed by atoms with Crippen LogP contribution in [0.4, 0.5) is 20.6 Å². The van der Waals surface area contributed by atoms with Gasteiger partial charge < -0.3 is 19.9 Å². The van der Waals surface area contributed by atoms with Crippen molar-refractivity contribution in [3.8, 4) is 0 Å². The van der Waals surface area contributed by atoms with Crippen LogP contribution in [0.3, 0.4) is 0 Å². The maximum Gasteiger partial charge on any atom is 0.414 e. The van der Waals surface area contributed by atoms with Crippen molar-refractivity contribution < 1.29 is 23.5 Å². The van der Waals surface area contributed by atoms with E-state index in [0.29, 0.717) is 43.3 Å². The van der Waals surface area contributed by atoms with E-state index in [-0.39, 0.29) is 24.9 Å². The van der Waals surface area contributed by atoms with Gasteiger partial charge in [0.15, 0.2) is 5.17 Å². The molecule has 30 heavy (non-hydrogen) atoms. The van der Waals surface area contributed by atoms with Crippen molar-refractivity contribution in [3.05, 3.63) is 24.0 Å². The highest BCUT2D eigenvalue weighted by Crippen LogP contribution is 2.29. The highest BCUT2D eigenvalue weighted by atomic mass is 32.2. The molecule has 4 rings (SSSR count). The molecule has 2 fully saturated rings. The van der Waals surface area contributed by atoms with Gasteiger partial charge in [-0.3, -0.25) is 14.5 Å². The number of carbonyl (C=O) groups is 3. The molecule has 11 heteroatoms. The molecule has 3 heterocycles. The van der Waals surface area contributed by atoms with Gasteiger partial charge in [0.2, 0.25) is 5.91 Å². The van der Waals surface area contributed by atoms with Crippen LogP contribution in [-0.2, 0) is 14.3 Å². The van der Waals surface area contributed by atoms with E-state index >= 15 is 0 Å². The number of cyclic esters (lactones) is 1. The lowest BCUT2D eigenvalue weighted by atomic mass is 10.2. The Bertz CT molecular complexity index is 903. The Morgan fingerprint density at radius 1 is 1.27 bits per heavy atom. The maximum absolute atomic E-state index is 14.9. The number of amidine groups is 1. The van der Waals surface area contributed by atoms with Gasteiger partial charge in [-0.15, -0.1) is 0 Å². The van der Waals surface area contributed by atoms with E-state index in [1.54, 1.807) is 12.1 Å². The first-order chi connectivity index (χ1) is 14.4. The lowest BCUT2D eigenvalue weighted by Crippen LogP contribution is -2.48. The Labute approximate surface area is 177 Å². The van der Waals surface area contributed by atoms with E-state index in [0.717, 1.165) is 5.17 Å². The van der Waals surface area contributed by atoms with Crippen molar-refractivity contribution in [2.45, 2.75) is 13.0 Å². The summed E-state index contributed by atoms with van der Waals surface area (Å²) in [6, 6.07) is 4.70. The van der Waals surface area contributed by atoms with Gasteiger partial charge in [0.1, 0.15) is 11.9 Å². The van der Waals surface area contributed by atoms with E-state index in [4.69, 9.17) is 4.74 Å². The first-order valence-electron chi connectivity index (χ1n) is 9.67. The molecule has 1 unspecified atom stereocenters. The summed E-state index contributed by atoms with van der Waals surface area (Å²) in [4.78, 5) is 43.9. The van der Waals surface area contributed by atoms with Crippen molar-refractivity contribution in [3.63, 3.8) is 0 Å². The minimum atomic E-state index is -0.560. The second kappa shape index (κ2) is 8.50. The molecule has 3 aliphatic heterocycles. The molecule has 0 saturated carbocycles. The predicted octanol–water partition coefficient (Wildman–Crippen LogP) is 1.04. The van der Waals surface area contributed by atoms with Crippen LogP contribution < -0.4 is 15.1 Å². The predicted molar refractivity (Wildman–Crippen MR) is 111 cm³/mol. The minimum Gasteiger partial charge on any atom is -0.442 e. The summed E-state index contributed by atoms with van der Waals surface area (Å²) in [7, 11) is 0. The molecule has 0 bridgehead atoms. The highest BCUT2D eigenvalue weighted by molar-refractivity contribution is 8.14. The molecule has 9 nitrogen and oxygen atoms in total. The first-order valence-corrected chi connectivity index (χ1v) is 10.7. The Morgan fingerprint density at radius 2 is 2.00 bits per heavy atom. The van der Waals surface area contributed by atoms with Crippen molar-refractivity contribution in [1.29, 1.82) is 0 Å². The van der Waals surface area contributed by atoms with Crippen LogP contribution in [0.15, 0.2) is 23.2 Å². The second-order valence-corrected chi connectivity index (χ2v) is 8.18. The molecule has 1 N–H and O–H groups in total. The smallest absolute Gasteiger partial charge is 0.414 e. The number of piperazine rings is 1. The number of anilines is 2. The van der Waals surface area contributed by atoms with Gasteiger partial charge in [0.05, 0.1) is 30.2 Å². The number of thioether (sulfide) groups is 1. The summed E-state index contributed by atoms with van der Waals surface area (Å²) < 4.78 is 20.1. The highest BCUT2D eigenvalue weighted by Gasteiger charge is 2.33. The Kier molecular flexibility index (Phi) is 5.80. The average Bonchev–Trinajstić information content (AvgIpc) is 3.32. The van der Waals surface area contributed by atoms with Gasteiger partial charge in [-0.1, -0.05) is 11.8 Å². The number of benzene rings is 1. The summed E-state index contributed by atoms with van der Waals surface area (Å²) in [6.07, 6.45) is -1.03. The lowest BCUT2D eigenvalue weighted by Gasteiger charge is -2.36. The lowest BCUT2D eigenvalue weighted by molar-refractivity contribution is -0.119. The first kappa shape index (κ1) is 20.5. The molecule has 0 aromatic heterocycles. The van der Waals surface area contributed by atoms with E-state index in [1.165, 1.54) is 29.7 Å². The second-order valence-electron chi connectivity index (χ2n) is 7.24. The molecular weight excluding hydrogens is 413 g/mol. The Balaban J connectivity index is 1.38. The summed E-state index contributed by atoms with van der Waals surface area (Å²) in [5, 5.41) is 3.36. The van der Waals surface area contributed by atoms with Crippen molar-refractivity contribution in [2.75, 3.05) is 54.8 Å². The Hall–Kier alpha value is -2.82. The number of nitrogens with one attached hydrogen (secondary N) is 1. The number of rotatable bonds is 4. The largest absolute Gasteiger partial charge is 0.442 e. The van der Waals surface area contributed by atoms with Gasteiger partial charge in [0.25, 0.3) is 5.91 Å². The van der Waals surface area contributed by atoms with Gasteiger partial charge >= 0.3 is 6.09 Å². The fraction of sp³-hybridized carbons (Fsp3) is 0.474. The van der Waals surface area contributed by atoms with Gasteiger partial charge in [0, 0.05) is 33.1 Å². The molecule has 1 aromatic rings. The molecule has 3 aliphatic rings. The van der Waals surface area contributed by atoms with Crippen LogP contribution in [0.5, 0.6) is 0 Å². The third-order valence-electron chi connectivity index (χ3n) is 5.13. The number of halogens is 1. The summed E-state index contributed by atoms with van der Waals surface area (Å²) in [5.74, 6) is -0.346. The van der Waals surface area contributed by atoms with Crippen LogP contribution in [0.1, 0.15) is 6.92 Å². The molecule has 1 aromatic carbocycles. The molecule has 2 saturated heterocycles. The zero-order valence-corrected chi connectivity index (χ0v) is 17.3. The minimum absolute atomic E-state index is 0.112. The van der Waals surface area contributed by atoms with Gasteiger partial charge in [-0.25, -0.2) is 9.18 Å². The quantitative estimate of drug-likeness (QED) is 0.755. The van der Waals surface area contributed by atoms with Crippen molar-refractivity contribution in [1.82, 2.24) is 10.2 Å². The van der Waals surface area contributed by atoms with Gasteiger partial charge in [-0.2, -0.15) is 4.99 Å². The number of amides is 3. The fourth-order valence-electron chi connectivity index (χ4n) is 3.61. The molecule has 0 spiro atoms. The molecular formula is C19H22FN5O4S. The number of aliphatic imine (C=N–C) groups is 1. The SMILES string of the molecule is CC(=O)NCC1CN(c2ccc(N3CCN(C4=NC(=O)CS4)CC3)c(F)c2)C(=O)O1. The summed E-state index contributed by atoms with van der Waals surface area (Å²) in [5.41, 5.74) is 0.887. The molecule has 0 aliphatic carbocycles. The van der Waals surface area contributed by atoms with E-state index in [9.17, 15) is 18.8 Å². The molecule has 0 radical (unpaired) electrons. The van der Waals surface area contributed by atoms with E-state index in [2.05, 4.69) is 10.3 Å². The third-order valence-corrected chi connectivity index (χ3v) is 6.13. The van der Waals surface area contributed by atoms with Crippen LogP contribution >= 0.6 is 11.8 Å². The summed E-state index contributed by atoms with van der Waals surface area (Å²) >= 11 is 1.44. The van der Waals surface area contributed by atoms with E-state index < -0.39 is 18.0 Å². The van der Waals surface area contributed by atoms with Crippen LogP contribution in [-0.4, -0.2) is 79.1 Å². The van der Waals surface area contributed by atoms with Crippen LogP contribution in [0.25, 0.3) is 0 Å². The molecule has 3 amide bonds. The zero-order chi connectivity index (χ0) is 21.3. The van der Waals surface area contributed by atoms with Crippen LogP contribution in [0.2, 0.25) is 0 Å². The number of ether oxygens (including phenoxy) is 1.